The van der Waals surface area contributed by atoms with Gasteiger partial charge in [-0.2, -0.15) is 13.2 Å². The zero-order valence-electron chi connectivity index (χ0n) is 13.5. The lowest BCUT2D eigenvalue weighted by Crippen LogP contribution is -2.39. The molecule has 1 aromatic carbocycles. The van der Waals surface area contributed by atoms with E-state index in [-0.39, 0.29) is 6.54 Å². The van der Waals surface area contributed by atoms with Gasteiger partial charge in [0.05, 0.1) is 13.0 Å². The maximum absolute atomic E-state index is 12.1. The van der Waals surface area contributed by atoms with Crippen molar-refractivity contribution in [3.8, 4) is 5.75 Å². The molecule has 1 rings (SSSR count). The minimum absolute atomic E-state index is 0.191. The molecule has 130 valence electrons. The summed E-state index contributed by atoms with van der Waals surface area (Å²) in [5, 5.41) is 5.64. The van der Waals surface area contributed by atoms with Crippen LogP contribution in [0.2, 0.25) is 0 Å². The smallest absolute Gasteiger partial charge is 0.390 e. The lowest BCUT2D eigenvalue weighted by molar-refractivity contribution is -0.132. The Morgan fingerprint density at radius 3 is 2.61 bits per heavy atom. The highest BCUT2D eigenvalue weighted by Gasteiger charge is 2.26. The first-order valence-electron chi connectivity index (χ1n) is 7.67. The third kappa shape index (κ3) is 8.95. The van der Waals surface area contributed by atoms with Gasteiger partial charge in [-0.1, -0.05) is 19.1 Å². The number of guanidine groups is 1. The van der Waals surface area contributed by atoms with E-state index in [0.717, 1.165) is 24.2 Å². The van der Waals surface area contributed by atoms with Crippen LogP contribution in [0, 0.1) is 0 Å². The van der Waals surface area contributed by atoms with Gasteiger partial charge in [0.15, 0.2) is 5.96 Å². The van der Waals surface area contributed by atoms with E-state index in [9.17, 15) is 13.2 Å². The Kier molecular flexibility index (Phi) is 8.29. The molecule has 0 atom stereocenters. The van der Waals surface area contributed by atoms with Crippen LogP contribution in [0.1, 0.15) is 25.3 Å². The Hall–Kier alpha value is -1.92. The number of ether oxygens (including phenoxy) is 1. The summed E-state index contributed by atoms with van der Waals surface area (Å²) in [6.45, 7) is 3.11. The van der Waals surface area contributed by atoms with Gasteiger partial charge >= 0.3 is 6.18 Å². The van der Waals surface area contributed by atoms with Gasteiger partial charge in [0.1, 0.15) is 5.75 Å². The van der Waals surface area contributed by atoms with Crippen LogP contribution in [0.3, 0.4) is 0 Å². The molecule has 4 nitrogen and oxygen atoms in total. The first kappa shape index (κ1) is 19.1. The minimum Gasteiger partial charge on any atom is -0.494 e. The standard InChI is InChI=1S/C16H24F3N3O/c1-3-11-23-14-6-4-5-13(12-14)7-9-21-15(20-2)22-10-8-16(17,18)19/h4-6,12H,3,7-11H2,1-2H3,(H2,20,21,22). The highest BCUT2D eigenvalue weighted by Crippen LogP contribution is 2.18. The number of aliphatic imine (C=N–C) groups is 1. The van der Waals surface area contributed by atoms with Gasteiger partial charge in [0, 0.05) is 20.1 Å². The molecule has 1 aromatic rings. The van der Waals surface area contributed by atoms with Crippen molar-refractivity contribution in [2.75, 3.05) is 26.7 Å². The average molecular weight is 331 g/mol. The van der Waals surface area contributed by atoms with E-state index in [0.29, 0.717) is 19.1 Å². The predicted molar refractivity (Wildman–Crippen MR) is 86.0 cm³/mol. The Balaban J connectivity index is 2.34. The number of hydrogen-bond acceptors (Lipinski definition) is 2. The minimum atomic E-state index is -4.16. The van der Waals surface area contributed by atoms with E-state index in [2.05, 4.69) is 15.6 Å². The van der Waals surface area contributed by atoms with Crippen molar-refractivity contribution >= 4 is 5.96 Å². The number of rotatable bonds is 8. The number of nitrogens with one attached hydrogen (secondary N) is 2. The highest BCUT2D eigenvalue weighted by atomic mass is 19.4. The Morgan fingerprint density at radius 1 is 1.22 bits per heavy atom. The van der Waals surface area contributed by atoms with Crippen LogP contribution < -0.4 is 15.4 Å². The first-order chi connectivity index (χ1) is 10.9. The van der Waals surface area contributed by atoms with Crippen LogP contribution in [-0.2, 0) is 6.42 Å². The first-order valence-corrected chi connectivity index (χ1v) is 7.67. The normalized spacial score (nSPS) is 12.1. The molecule has 2 N–H and O–H groups in total. The Morgan fingerprint density at radius 2 is 1.96 bits per heavy atom. The van der Waals surface area contributed by atoms with Crippen LogP contribution in [0.25, 0.3) is 0 Å². The maximum Gasteiger partial charge on any atom is 0.390 e. The monoisotopic (exact) mass is 331 g/mol. The summed E-state index contributed by atoms with van der Waals surface area (Å²) in [6, 6.07) is 7.79. The second kappa shape index (κ2) is 9.97. The lowest BCUT2D eigenvalue weighted by atomic mass is 10.1. The molecule has 0 saturated heterocycles. The zero-order valence-corrected chi connectivity index (χ0v) is 13.5. The molecule has 0 aliphatic rings. The Bertz CT molecular complexity index is 490. The maximum atomic E-state index is 12.1. The van der Waals surface area contributed by atoms with Crippen LogP contribution >= 0.6 is 0 Å². The number of halogens is 3. The van der Waals surface area contributed by atoms with Crippen molar-refractivity contribution in [1.82, 2.24) is 10.6 Å². The molecule has 0 unspecified atom stereocenters. The molecule has 23 heavy (non-hydrogen) atoms. The molecule has 0 spiro atoms. The van der Waals surface area contributed by atoms with Gasteiger partial charge in [-0.3, -0.25) is 4.99 Å². The molecule has 0 aliphatic heterocycles. The van der Waals surface area contributed by atoms with Crippen LogP contribution in [-0.4, -0.2) is 38.9 Å². The number of benzene rings is 1. The van der Waals surface area contributed by atoms with Gasteiger partial charge in [-0.05, 0) is 30.5 Å². The summed E-state index contributed by atoms with van der Waals surface area (Å²) in [5.74, 6) is 1.20. The molecule has 0 saturated carbocycles. The second-order valence-electron chi connectivity index (χ2n) is 5.04. The van der Waals surface area contributed by atoms with Crippen LogP contribution in [0.5, 0.6) is 5.75 Å². The fraction of sp³-hybridized carbons (Fsp3) is 0.562. The summed E-state index contributed by atoms with van der Waals surface area (Å²) in [6.07, 6.45) is -3.37. The summed E-state index contributed by atoms with van der Waals surface area (Å²) in [7, 11) is 1.53. The average Bonchev–Trinajstić information content (AvgIpc) is 2.50. The number of nitrogens with zero attached hydrogens (tertiary/aromatic N) is 1. The number of hydrogen-bond donors (Lipinski definition) is 2. The van der Waals surface area contributed by atoms with E-state index < -0.39 is 12.6 Å². The van der Waals surface area contributed by atoms with E-state index >= 15 is 0 Å². The fourth-order valence-electron chi connectivity index (χ4n) is 1.88. The van der Waals surface area contributed by atoms with Crippen molar-refractivity contribution in [2.24, 2.45) is 4.99 Å². The number of alkyl halides is 3. The van der Waals surface area contributed by atoms with E-state index in [1.165, 1.54) is 7.05 Å². The van der Waals surface area contributed by atoms with Crippen LogP contribution in [0.4, 0.5) is 13.2 Å². The van der Waals surface area contributed by atoms with Gasteiger partial charge in [-0.25, -0.2) is 0 Å². The second-order valence-corrected chi connectivity index (χ2v) is 5.04. The SMILES string of the molecule is CCCOc1cccc(CCNC(=NC)NCCC(F)(F)F)c1. The molecule has 0 aliphatic carbocycles. The predicted octanol–water partition coefficient (Wildman–Crippen LogP) is 3.14. The van der Waals surface area contributed by atoms with Crippen molar-refractivity contribution < 1.29 is 17.9 Å². The van der Waals surface area contributed by atoms with Crippen LogP contribution in [0.15, 0.2) is 29.3 Å². The largest absolute Gasteiger partial charge is 0.494 e. The third-order valence-electron chi connectivity index (χ3n) is 3.00. The molecular weight excluding hydrogens is 307 g/mol. The van der Waals surface area contributed by atoms with E-state index in [4.69, 9.17) is 4.74 Å². The summed E-state index contributed by atoms with van der Waals surface area (Å²) >= 11 is 0. The van der Waals surface area contributed by atoms with Crippen molar-refractivity contribution in [3.63, 3.8) is 0 Å². The third-order valence-corrected chi connectivity index (χ3v) is 3.00. The topological polar surface area (TPSA) is 45.6 Å². The highest BCUT2D eigenvalue weighted by molar-refractivity contribution is 5.79. The fourth-order valence-corrected chi connectivity index (χ4v) is 1.88. The molecule has 0 amide bonds. The van der Waals surface area contributed by atoms with Crippen molar-refractivity contribution in [2.45, 2.75) is 32.4 Å². The molecule has 0 heterocycles. The van der Waals surface area contributed by atoms with Gasteiger partial charge < -0.3 is 15.4 Å². The summed E-state index contributed by atoms with van der Waals surface area (Å²) in [5.41, 5.74) is 1.09. The summed E-state index contributed by atoms with van der Waals surface area (Å²) in [4.78, 5) is 3.90. The van der Waals surface area contributed by atoms with E-state index in [1.807, 2.05) is 31.2 Å². The van der Waals surface area contributed by atoms with E-state index in [1.54, 1.807) is 0 Å². The van der Waals surface area contributed by atoms with Crippen molar-refractivity contribution in [1.29, 1.82) is 0 Å². The van der Waals surface area contributed by atoms with Gasteiger partial charge in [0.2, 0.25) is 0 Å². The Labute approximate surface area is 135 Å². The molecule has 0 fully saturated rings. The lowest BCUT2D eigenvalue weighted by Gasteiger charge is -2.13. The van der Waals surface area contributed by atoms with Gasteiger partial charge in [0.25, 0.3) is 0 Å². The quantitative estimate of drug-likeness (QED) is 0.568. The molecule has 0 bridgehead atoms. The van der Waals surface area contributed by atoms with Crippen molar-refractivity contribution in [3.05, 3.63) is 29.8 Å². The summed E-state index contributed by atoms with van der Waals surface area (Å²) < 4.78 is 41.9. The molecule has 0 radical (unpaired) electrons. The zero-order chi connectivity index (χ0) is 17.1. The molecular formula is C16H24F3N3O. The molecule has 0 aromatic heterocycles. The van der Waals surface area contributed by atoms with Gasteiger partial charge in [-0.15, -0.1) is 0 Å². The molecule has 7 heteroatoms.